The van der Waals surface area contributed by atoms with Crippen LogP contribution in [0.2, 0.25) is 10.0 Å². The van der Waals surface area contributed by atoms with Crippen LogP contribution in [0.25, 0.3) is 0 Å². The first-order chi connectivity index (χ1) is 11.9. The maximum atomic E-state index is 13.3. The largest absolute Gasteiger partial charge is 0.289 e. The van der Waals surface area contributed by atoms with Crippen molar-refractivity contribution in [3.8, 4) is 0 Å². The molecule has 0 saturated carbocycles. The van der Waals surface area contributed by atoms with Gasteiger partial charge in [-0.05, 0) is 29.8 Å². The first-order valence-corrected chi connectivity index (χ1v) is 7.78. The Morgan fingerprint density at radius 2 is 1.92 bits per heavy atom. The maximum absolute atomic E-state index is 13.3. The molecular weight excluding hydrogens is 373 g/mol. The summed E-state index contributed by atoms with van der Waals surface area (Å²) in [5.41, 5.74) is 0.686. The molecule has 1 N–H and O–H groups in total. The Labute approximate surface area is 151 Å². The van der Waals surface area contributed by atoms with Gasteiger partial charge >= 0.3 is 0 Å². The van der Waals surface area contributed by atoms with Crippen molar-refractivity contribution in [1.82, 2.24) is 14.8 Å². The lowest BCUT2D eigenvalue weighted by Crippen LogP contribution is -2.14. The number of aromatic nitrogens is 3. The topological polar surface area (TPSA) is 59.8 Å². The van der Waals surface area contributed by atoms with Crippen molar-refractivity contribution in [3.63, 3.8) is 0 Å². The fourth-order valence-corrected chi connectivity index (χ4v) is 2.56. The smallest absolute Gasteiger partial charge is 0.259 e. The van der Waals surface area contributed by atoms with Crippen LogP contribution in [0.5, 0.6) is 0 Å². The van der Waals surface area contributed by atoms with Crippen molar-refractivity contribution in [2.45, 2.75) is 6.54 Å². The first-order valence-electron chi connectivity index (χ1n) is 7.02. The zero-order chi connectivity index (χ0) is 18.0. The highest BCUT2D eigenvalue weighted by Gasteiger charge is 2.16. The molecule has 3 aromatic rings. The number of nitrogens with zero attached hydrogens (tertiary/aromatic N) is 3. The van der Waals surface area contributed by atoms with Gasteiger partial charge in [0.1, 0.15) is 6.33 Å². The number of anilines is 1. The Morgan fingerprint density at radius 1 is 1.16 bits per heavy atom. The molecule has 1 aromatic heterocycles. The number of rotatable bonds is 4. The molecule has 0 aliphatic heterocycles. The highest BCUT2D eigenvalue weighted by atomic mass is 35.5. The molecule has 0 fully saturated rings. The third kappa shape index (κ3) is 4.12. The van der Waals surface area contributed by atoms with E-state index < -0.39 is 17.5 Å². The quantitative estimate of drug-likeness (QED) is 0.689. The predicted octanol–water partition coefficient (Wildman–Crippen LogP) is 4.16. The van der Waals surface area contributed by atoms with E-state index >= 15 is 0 Å². The maximum Gasteiger partial charge on any atom is 0.259 e. The summed E-state index contributed by atoms with van der Waals surface area (Å²) in [5.74, 6) is -3.04. The molecule has 0 unspecified atom stereocenters. The lowest BCUT2D eigenvalue weighted by Gasteiger charge is -2.05. The van der Waals surface area contributed by atoms with Crippen LogP contribution in [-0.4, -0.2) is 20.7 Å². The summed E-state index contributed by atoms with van der Waals surface area (Å²) in [5, 5.41) is 6.85. The normalized spacial score (nSPS) is 10.7. The molecule has 0 saturated heterocycles. The highest BCUT2D eigenvalue weighted by molar-refractivity contribution is 6.34. The number of carbonyl (C=O) groups excluding carboxylic acids is 1. The van der Waals surface area contributed by atoms with E-state index in [4.69, 9.17) is 23.2 Å². The molecule has 1 heterocycles. The number of hydrogen-bond donors (Lipinski definition) is 1. The summed E-state index contributed by atoms with van der Waals surface area (Å²) < 4.78 is 27.8. The van der Waals surface area contributed by atoms with Crippen LogP contribution < -0.4 is 5.32 Å². The molecule has 0 aliphatic rings. The van der Waals surface area contributed by atoms with Gasteiger partial charge in [0.2, 0.25) is 5.95 Å². The van der Waals surface area contributed by atoms with Gasteiger partial charge in [-0.15, -0.1) is 5.10 Å². The molecule has 0 radical (unpaired) electrons. The Hall–Kier alpha value is -2.51. The van der Waals surface area contributed by atoms with Crippen LogP contribution in [0.4, 0.5) is 14.7 Å². The van der Waals surface area contributed by atoms with E-state index in [-0.39, 0.29) is 16.5 Å². The zero-order valence-corrected chi connectivity index (χ0v) is 14.0. The Balaban J connectivity index is 1.73. The molecule has 9 heteroatoms. The summed E-state index contributed by atoms with van der Waals surface area (Å²) in [4.78, 5) is 16.1. The summed E-state index contributed by atoms with van der Waals surface area (Å²) in [6.45, 7) is 0.398. The van der Waals surface area contributed by atoms with Crippen molar-refractivity contribution < 1.29 is 13.6 Å². The van der Waals surface area contributed by atoms with E-state index in [0.29, 0.717) is 11.6 Å². The second-order valence-corrected chi connectivity index (χ2v) is 5.94. The number of halogens is 4. The summed E-state index contributed by atoms with van der Waals surface area (Å²) in [7, 11) is 0. The average molecular weight is 383 g/mol. The second kappa shape index (κ2) is 7.16. The second-order valence-electron chi connectivity index (χ2n) is 5.10. The van der Waals surface area contributed by atoms with Crippen molar-refractivity contribution in [2.75, 3.05) is 5.32 Å². The van der Waals surface area contributed by atoms with Crippen LogP contribution >= 0.6 is 23.2 Å². The lowest BCUT2D eigenvalue weighted by molar-refractivity contribution is 0.102. The van der Waals surface area contributed by atoms with E-state index in [0.717, 1.165) is 17.7 Å². The Morgan fingerprint density at radius 3 is 2.68 bits per heavy atom. The minimum Gasteiger partial charge on any atom is -0.289 e. The van der Waals surface area contributed by atoms with Crippen LogP contribution in [0.1, 0.15) is 15.9 Å². The van der Waals surface area contributed by atoms with Crippen LogP contribution in [0.15, 0.2) is 42.7 Å². The van der Waals surface area contributed by atoms with Gasteiger partial charge < -0.3 is 0 Å². The first kappa shape index (κ1) is 17.3. The fraction of sp³-hybridized carbons (Fsp3) is 0.0625. The molecule has 0 aliphatic carbocycles. The molecule has 128 valence electrons. The minimum absolute atomic E-state index is 0.00725. The number of hydrogen-bond acceptors (Lipinski definition) is 3. The monoisotopic (exact) mass is 382 g/mol. The number of nitrogens with one attached hydrogen (secondary N) is 1. The SMILES string of the molecule is O=C(Nc1ncn(Cc2cccc(Cl)c2)n1)c1cc(F)c(F)cc1Cl. The molecule has 1 amide bonds. The molecule has 2 aromatic carbocycles. The van der Waals surface area contributed by atoms with Gasteiger partial charge in [0.05, 0.1) is 17.1 Å². The van der Waals surface area contributed by atoms with Crippen molar-refractivity contribution in [3.05, 3.63) is 75.5 Å². The Bertz CT molecular complexity index is 946. The molecule has 5 nitrogen and oxygen atoms in total. The van der Waals surface area contributed by atoms with E-state index in [9.17, 15) is 13.6 Å². The molecule has 3 rings (SSSR count). The molecule has 0 bridgehead atoms. The van der Waals surface area contributed by atoms with Gasteiger partial charge in [0.15, 0.2) is 11.6 Å². The van der Waals surface area contributed by atoms with Crippen molar-refractivity contribution >= 4 is 35.1 Å². The lowest BCUT2D eigenvalue weighted by atomic mass is 10.2. The van der Waals surface area contributed by atoms with Gasteiger partial charge in [0, 0.05) is 5.02 Å². The average Bonchev–Trinajstić information content (AvgIpc) is 2.97. The van der Waals surface area contributed by atoms with Crippen LogP contribution in [-0.2, 0) is 6.54 Å². The standard InChI is InChI=1S/C16H10Cl2F2N4O/c17-10-3-1-2-9(4-10)7-24-8-21-16(23-24)22-15(25)11-5-13(19)14(20)6-12(11)18/h1-6,8H,7H2,(H,22,23,25). The molecular formula is C16H10Cl2F2N4O. The summed E-state index contributed by atoms with van der Waals surface area (Å²) >= 11 is 11.7. The third-order valence-electron chi connectivity index (χ3n) is 3.25. The van der Waals surface area contributed by atoms with Gasteiger partial charge in [-0.1, -0.05) is 35.3 Å². The summed E-state index contributed by atoms with van der Waals surface area (Å²) in [6, 6.07) is 8.66. The zero-order valence-electron chi connectivity index (χ0n) is 12.5. The third-order valence-corrected chi connectivity index (χ3v) is 3.80. The number of amides is 1. The van der Waals surface area contributed by atoms with Gasteiger partial charge in [-0.2, -0.15) is 0 Å². The Kier molecular flexibility index (Phi) is 4.96. The van der Waals surface area contributed by atoms with Crippen molar-refractivity contribution in [1.29, 1.82) is 0 Å². The number of carbonyl (C=O) groups is 1. The summed E-state index contributed by atoms with van der Waals surface area (Å²) in [6.07, 6.45) is 1.42. The van der Waals surface area contributed by atoms with Gasteiger partial charge in [0.25, 0.3) is 5.91 Å². The van der Waals surface area contributed by atoms with Crippen LogP contribution in [0, 0.1) is 11.6 Å². The predicted molar refractivity (Wildman–Crippen MR) is 89.9 cm³/mol. The van der Waals surface area contributed by atoms with E-state index in [1.165, 1.54) is 11.0 Å². The van der Waals surface area contributed by atoms with Gasteiger partial charge in [-0.3, -0.25) is 10.1 Å². The van der Waals surface area contributed by atoms with Crippen molar-refractivity contribution in [2.24, 2.45) is 0 Å². The van der Waals surface area contributed by atoms with E-state index in [1.807, 2.05) is 12.1 Å². The highest BCUT2D eigenvalue weighted by Crippen LogP contribution is 2.21. The number of benzene rings is 2. The minimum atomic E-state index is -1.17. The van der Waals surface area contributed by atoms with Crippen LogP contribution in [0.3, 0.4) is 0 Å². The molecule has 0 atom stereocenters. The van der Waals surface area contributed by atoms with E-state index in [2.05, 4.69) is 15.4 Å². The van der Waals surface area contributed by atoms with E-state index in [1.54, 1.807) is 12.1 Å². The van der Waals surface area contributed by atoms with Gasteiger partial charge in [-0.25, -0.2) is 18.4 Å². The molecule has 0 spiro atoms. The molecule has 25 heavy (non-hydrogen) atoms. The fourth-order valence-electron chi connectivity index (χ4n) is 2.12.